The lowest BCUT2D eigenvalue weighted by Gasteiger charge is -2.45. The average molecular weight is 464 g/mol. The normalized spacial score (nSPS) is 37.3. The molecule has 5 fully saturated rings. The van der Waals surface area contributed by atoms with Gasteiger partial charge in [-0.2, -0.15) is 0 Å². The Labute approximate surface area is 204 Å². The van der Waals surface area contributed by atoms with E-state index in [1.54, 1.807) is 0 Å². The maximum Gasteiger partial charge on any atom is 0.254 e. The van der Waals surface area contributed by atoms with Crippen LogP contribution in [0.5, 0.6) is 0 Å². The lowest BCUT2D eigenvalue weighted by atomic mass is 9.59. The molecule has 5 nitrogen and oxygen atoms in total. The number of hydrogen-bond acceptors (Lipinski definition) is 3. The number of fused-ring (bicyclic) bond motifs is 1. The Morgan fingerprint density at radius 1 is 1.09 bits per heavy atom. The molecule has 4 atom stereocenters. The van der Waals surface area contributed by atoms with Crippen LogP contribution in [0.25, 0.3) is 0 Å². The molecule has 1 saturated heterocycles. The lowest BCUT2D eigenvalue weighted by molar-refractivity contribution is -0.120. The van der Waals surface area contributed by atoms with Gasteiger partial charge >= 0.3 is 0 Å². The minimum atomic E-state index is 0.140. The topological polar surface area (TPSA) is 52.6 Å². The van der Waals surface area contributed by atoms with Crippen LogP contribution in [0, 0.1) is 28.1 Å². The van der Waals surface area contributed by atoms with Crippen LogP contribution < -0.4 is 5.32 Å². The average Bonchev–Trinajstić information content (AvgIpc) is 3.07. The third-order valence-electron chi connectivity index (χ3n) is 10.3. The van der Waals surface area contributed by atoms with Gasteiger partial charge < -0.3 is 15.1 Å². The number of benzene rings is 1. The van der Waals surface area contributed by atoms with E-state index in [0.717, 1.165) is 55.3 Å². The Morgan fingerprint density at radius 2 is 1.88 bits per heavy atom. The van der Waals surface area contributed by atoms with Crippen LogP contribution in [0.3, 0.4) is 0 Å². The van der Waals surface area contributed by atoms with E-state index in [1.165, 1.54) is 44.9 Å². The second-order valence-electron chi connectivity index (χ2n) is 13.4. The molecule has 0 spiro atoms. The van der Waals surface area contributed by atoms with Crippen molar-refractivity contribution >= 4 is 17.5 Å². The van der Waals surface area contributed by atoms with Gasteiger partial charge in [-0.15, -0.1) is 0 Å². The first-order valence-corrected chi connectivity index (χ1v) is 13.6. The highest BCUT2D eigenvalue weighted by Gasteiger charge is 2.65. The van der Waals surface area contributed by atoms with Crippen molar-refractivity contribution in [2.24, 2.45) is 28.1 Å². The maximum atomic E-state index is 13.3. The number of piperidine rings is 1. The van der Waals surface area contributed by atoms with Crippen LogP contribution in [0.15, 0.2) is 18.2 Å². The Balaban J connectivity index is 1.13. The van der Waals surface area contributed by atoms with E-state index in [1.807, 2.05) is 18.2 Å². The monoisotopic (exact) mass is 463 g/mol. The second-order valence-corrected chi connectivity index (χ2v) is 13.4. The van der Waals surface area contributed by atoms with E-state index >= 15 is 0 Å². The first-order chi connectivity index (χ1) is 16.2. The number of amides is 2. The zero-order valence-corrected chi connectivity index (χ0v) is 21.3. The molecule has 2 amide bonds. The first kappa shape index (κ1) is 22.6. The molecule has 4 bridgehead atoms. The smallest absolute Gasteiger partial charge is 0.254 e. The SMILES string of the molecule is CN1CCC(CN2CCc3c(NC(=O)CC45CC6CC(C)(C4)CC6(C)C5)cccc3C2=O)CC1. The fraction of sp³-hybridized carbons (Fsp3) is 0.724. The van der Waals surface area contributed by atoms with Crippen molar-refractivity contribution in [3.63, 3.8) is 0 Å². The van der Waals surface area contributed by atoms with Gasteiger partial charge in [0.25, 0.3) is 5.91 Å². The number of nitrogens with zero attached hydrogens (tertiary/aromatic N) is 2. The molecule has 2 heterocycles. The van der Waals surface area contributed by atoms with E-state index < -0.39 is 0 Å². The summed E-state index contributed by atoms with van der Waals surface area (Å²) in [6.45, 7) is 8.79. The van der Waals surface area contributed by atoms with Crippen LogP contribution in [-0.4, -0.2) is 54.8 Å². The summed E-state index contributed by atoms with van der Waals surface area (Å²) in [6, 6.07) is 5.88. The molecule has 34 heavy (non-hydrogen) atoms. The minimum Gasteiger partial charge on any atom is -0.338 e. The van der Waals surface area contributed by atoms with Gasteiger partial charge in [-0.3, -0.25) is 9.59 Å². The summed E-state index contributed by atoms with van der Waals surface area (Å²) in [5, 5.41) is 3.26. The van der Waals surface area contributed by atoms with E-state index in [9.17, 15) is 9.59 Å². The lowest BCUT2D eigenvalue weighted by Crippen LogP contribution is -2.43. The van der Waals surface area contributed by atoms with Crippen molar-refractivity contribution in [2.75, 3.05) is 38.5 Å². The van der Waals surface area contributed by atoms with Crippen LogP contribution in [0.2, 0.25) is 0 Å². The van der Waals surface area contributed by atoms with Gasteiger partial charge in [0.15, 0.2) is 0 Å². The second kappa shape index (κ2) is 7.81. The molecule has 1 aromatic carbocycles. The number of anilines is 1. The standard InChI is InChI=1S/C29H41N3O2/c1-27-13-21-14-29(18-27,19-28(21,2)17-27)15-25(33)30-24-6-4-5-23-22(24)9-12-32(26(23)34)16-20-7-10-31(3)11-8-20/h4-6,20-21H,7-19H2,1-3H3,(H,30,33). The molecule has 1 aromatic rings. The molecule has 4 aliphatic carbocycles. The third-order valence-corrected chi connectivity index (χ3v) is 10.3. The number of rotatable bonds is 5. The van der Waals surface area contributed by atoms with Crippen LogP contribution in [0.1, 0.15) is 81.1 Å². The van der Waals surface area contributed by atoms with Gasteiger partial charge in [0.1, 0.15) is 0 Å². The van der Waals surface area contributed by atoms with E-state index in [4.69, 9.17) is 0 Å². The number of hydrogen-bond donors (Lipinski definition) is 1. The van der Waals surface area contributed by atoms with Crippen molar-refractivity contribution < 1.29 is 9.59 Å². The van der Waals surface area contributed by atoms with Gasteiger partial charge in [-0.25, -0.2) is 0 Å². The fourth-order valence-electron chi connectivity index (χ4n) is 9.34. The Hall–Kier alpha value is -1.88. The van der Waals surface area contributed by atoms with Gasteiger partial charge in [-0.1, -0.05) is 19.9 Å². The predicted octanol–water partition coefficient (Wildman–Crippen LogP) is 4.96. The van der Waals surface area contributed by atoms with Crippen LogP contribution in [0.4, 0.5) is 5.69 Å². The Kier molecular flexibility index (Phi) is 5.19. The fourth-order valence-corrected chi connectivity index (χ4v) is 9.34. The summed E-state index contributed by atoms with van der Waals surface area (Å²) in [5.41, 5.74) is 3.75. The van der Waals surface area contributed by atoms with Crippen molar-refractivity contribution in [3.8, 4) is 0 Å². The quantitative estimate of drug-likeness (QED) is 0.671. The molecule has 6 aliphatic rings. The summed E-state index contributed by atoms with van der Waals surface area (Å²) in [7, 11) is 2.18. The van der Waals surface area contributed by atoms with Gasteiger partial charge in [-0.05, 0) is 117 Å². The minimum absolute atomic E-state index is 0.140. The van der Waals surface area contributed by atoms with Crippen molar-refractivity contribution in [2.45, 2.75) is 71.6 Å². The van der Waals surface area contributed by atoms with E-state index in [2.05, 4.69) is 36.0 Å². The summed E-state index contributed by atoms with van der Waals surface area (Å²) in [6.07, 6.45) is 10.1. The molecule has 0 aromatic heterocycles. The highest BCUT2D eigenvalue weighted by molar-refractivity contribution is 6.00. The van der Waals surface area contributed by atoms with E-state index in [-0.39, 0.29) is 17.2 Å². The summed E-state index contributed by atoms with van der Waals surface area (Å²) >= 11 is 0. The highest BCUT2D eigenvalue weighted by Crippen LogP contribution is 2.75. The molecule has 184 valence electrons. The number of nitrogens with one attached hydrogen (secondary N) is 1. The molecular weight excluding hydrogens is 422 g/mol. The molecule has 4 unspecified atom stereocenters. The first-order valence-electron chi connectivity index (χ1n) is 13.6. The summed E-state index contributed by atoms with van der Waals surface area (Å²) < 4.78 is 0. The third kappa shape index (κ3) is 3.79. The largest absolute Gasteiger partial charge is 0.338 e. The molecule has 0 radical (unpaired) electrons. The van der Waals surface area contributed by atoms with E-state index in [0.29, 0.717) is 23.2 Å². The van der Waals surface area contributed by atoms with Crippen molar-refractivity contribution in [1.82, 2.24) is 9.80 Å². The number of likely N-dealkylation sites (tertiary alicyclic amines) is 1. The van der Waals surface area contributed by atoms with Crippen molar-refractivity contribution in [3.05, 3.63) is 29.3 Å². The van der Waals surface area contributed by atoms with Crippen LogP contribution in [-0.2, 0) is 11.2 Å². The molecule has 1 N–H and O–H groups in total. The summed E-state index contributed by atoms with van der Waals surface area (Å²) in [5.74, 6) is 1.69. The molecule has 2 aliphatic heterocycles. The predicted molar refractivity (Wildman–Crippen MR) is 135 cm³/mol. The van der Waals surface area contributed by atoms with Gasteiger partial charge in [0, 0.05) is 30.8 Å². The molecule has 4 saturated carbocycles. The number of carbonyl (C=O) groups is 2. The number of carbonyl (C=O) groups excluding carboxylic acids is 2. The van der Waals surface area contributed by atoms with Crippen LogP contribution >= 0.6 is 0 Å². The van der Waals surface area contributed by atoms with Gasteiger partial charge in [0.05, 0.1) is 0 Å². The molecular formula is C29H41N3O2. The van der Waals surface area contributed by atoms with Crippen molar-refractivity contribution in [1.29, 1.82) is 0 Å². The Morgan fingerprint density at radius 3 is 2.62 bits per heavy atom. The zero-order valence-electron chi connectivity index (χ0n) is 21.3. The zero-order chi connectivity index (χ0) is 23.7. The highest BCUT2D eigenvalue weighted by atomic mass is 16.2. The molecule has 5 heteroatoms. The summed E-state index contributed by atoms with van der Waals surface area (Å²) in [4.78, 5) is 31.1. The molecule has 7 rings (SSSR count). The Bertz CT molecular complexity index is 1010. The van der Waals surface area contributed by atoms with Gasteiger partial charge in [0.2, 0.25) is 5.91 Å². The maximum absolute atomic E-state index is 13.3.